The zero-order valence-electron chi connectivity index (χ0n) is 10.3. The number of hydrogen-bond acceptors (Lipinski definition) is 2. The summed E-state index contributed by atoms with van der Waals surface area (Å²) in [5.74, 6) is 0.286. The monoisotopic (exact) mass is 442 g/mol. The summed E-state index contributed by atoms with van der Waals surface area (Å²) in [5.41, 5.74) is 0.691. The Kier molecular flexibility index (Phi) is 7.80. The summed E-state index contributed by atoms with van der Waals surface area (Å²) in [6.45, 7) is 2.21. The van der Waals surface area contributed by atoms with Gasteiger partial charge in [-0.15, -0.1) is 0 Å². The van der Waals surface area contributed by atoms with E-state index in [0.717, 1.165) is 17.3 Å². The quantitative estimate of drug-likeness (QED) is 0.292. The molecule has 1 atom stereocenters. The van der Waals surface area contributed by atoms with Gasteiger partial charge in [-0.25, -0.2) is 4.79 Å². The van der Waals surface area contributed by atoms with Crippen LogP contribution in [0.4, 0.5) is 0 Å². The SMILES string of the molecule is CCCCCCCC(Br)C1=C(Br)C(=CBr)OC1=O. The number of rotatable bonds is 7. The molecule has 0 aliphatic carbocycles. The average Bonchev–Trinajstić information content (AvgIpc) is 2.63. The number of esters is 1. The number of alkyl halides is 1. The Hall–Kier alpha value is 0.390. The highest BCUT2D eigenvalue weighted by molar-refractivity contribution is 9.12. The van der Waals surface area contributed by atoms with Crippen molar-refractivity contribution in [3.63, 3.8) is 0 Å². The van der Waals surface area contributed by atoms with Crippen LogP contribution < -0.4 is 0 Å². The van der Waals surface area contributed by atoms with Crippen molar-refractivity contribution in [1.29, 1.82) is 0 Å². The third-order valence-corrected chi connectivity index (χ3v) is 5.00. The molecule has 0 aromatic rings. The minimum Gasteiger partial charge on any atom is -0.421 e. The topological polar surface area (TPSA) is 26.3 Å². The van der Waals surface area contributed by atoms with Gasteiger partial charge in [0.15, 0.2) is 5.76 Å². The van der Waals surface area contributed by atoms with E-state index in [2.05, 4.69) is 54.7 Å². The van der Waals surface area contributed by atoms with Crippen LogP contribution in [0.2, 0.25) is 0 Å². The zero-order valence-corrected chi connectivity index (χ0v) is 15.1. The second kappa shape index (κ2) is 8.54. The van der Waals surface area contributed by atoms with E-state index < -0.39 is 0 Å². The predicted octanol–water partition coefficient (Wildman–Crippen LogP) is 5.55. The molecule has 0 saturated heterocycles. The molecule has 5 heteroatoms. The summed E-state index contributed by atoms with van der Waals surface area (Å²) in [5, 5.41) is 0. The van der Waals surface area contributed by atoms with Gasteiger partial charge in [0, 0.05) is 9.81 Å². The Labute approximate surface area is 134 Å². The third-order valence-electron chi connectivity index (χ3n) is 2.85. The minimum absolute atomic E-state index is 0.0611. The summed E-state index contributed by atoms with van der Waals surface area (Å²) >= 11 is 10.2. The Bertz CT molecular complexity index is 361. The molecule has 0 N–H and O–H groups in total. The molecule has 1 aliphatic rings. The van der Waals surface area contributed by atoms with Gasteiger partial charge in [0.1, 0.15) is 0 Å². The standard InChI is InChI=1S/C13H17Br3O2/c1-2-3-4-5-6-7-9(15)11-12(16)10(8-14)18-13(11)17/h8-9H,2-7H2,1H3. The van der Waals surface area contributed by atoms with Crippen molar-refractivity contribution in [1.82, 2.24) is 0 Å². The van der Waals surface area contributed by atoms with Crippen molar-refractivity contribution < 1.29 is 9.53 Å². The maximum atomic E-state index is 11.7. The van der Waals surface area contributed by atoms with E-state index in [1.54, 1.807) is 4.99 Å². The molecule has 0 saturated carbocycles. The number of halogens is 3. The first-order valence-electron chi connectivity index (χ1n) is 6.18. The first kappa shape index (κ1) is 16.4. The van der Waals surface area contributed by atoms with Crippen molar-refractivity contribution in [3.05, 3.63) is 20.8 Å². The van der Waals surface area contributed by atoms with E-state index in [1.807, 2.05) is 0 Å². The van der Waals surface area contributed by atoms with Crippen molar-refractivity contribution in [2.45, 2.75) is 50.3 Å². The highest BCUT2D eigenvalue weighted by Crippen LogP contribution is 2.37. The lowest BCUT2D eigenvalue weighted by molar-refractivity contribution is -0.133. The molecule has 0 spiro atoms. The van der Waals surface area contributed by atoms with Crippen LogP contribution in [0.5, 0.6) is 0 Å². The molecular weight excluding hydrogens is 428 g/mol. The molecular formula is C13H17Br3O2. The molecule has 18 heavy (non-hydrogen) atoms. The number of cyclic esters (lactones) is 1. The first-order chi connectivity index (χ1) is 8.61. The van der Waals surface area contributed by atoms with Crippen molar-refractivity contribution in [2.75, 3.05) is 0 Å². The van der Waals surface area contributed by atoms with Crippen LogP contribution in [-0.4, -0.2) is 10.8 Å². The van der Waals surface area contributed by atoms with E-state index >= 15 is 0 Å². The Morgan fingerprint density at radius 3 is 2.50 bits per heavy atom. The fourth-order valence-corrected chi connectivity index (χ4v) is 4.14. The van der Waals surface area contributed by atoms with E-state index in [1.165, 1.54) is 25.7 Å². The number of carbonyl (C=O) groups is 1. The summed E-state index contributed by atoms with van der Waals surface area (Å²) in [4.78, 5) is 13.4. The fourth-order valence-electron chi connectivity index (χ4n) is 1.83. The molecule has 0 aromatic carbocycles. The van der Waals surface area contributed by atoms with Gasteiger partial charge in [0.2, 0.25) is 0 Å². The summed E-state index contributed by atoms with van der Waals surface area (Å²) in [7, 11) is 0. The van der Waals surface area contributed by atoms with Crippen LogP contribution in [0.25, 0.3) is 0 Å². The highest BCUT2D eigenvalue weighted by Gasteiger charge is 2.32. The summed E-state index contributed by atoms with van der Waals surface area (Å²) < 4.78 is 5.88. The van der Waals surface area contributed by atoms with Gasteiger partial charge < -0.3 is 4.74 Å². The van der Waals surface area contributed by atoms with Gasteiger partial charge >= 0.3 is 5.97 Å². The van der Waals surface area contributed by atoms with Gasteiger partial charge in [-0.05, 0) is 22.4 Å². The lowest BCUT2D eigenvalue weighted by Crippen LogP contribution is -2.10. The lowest BCUT2D eigenvalue weighted by Gasteiger charge is -2.08. The zero-order chi connectivity index (χ0) is 13.5. The summed E-state index contributed by atoms with van der Waals surface area (Å²) in [6.07, 6.45) is 7.11. The number of unbranched alkanes of at least 4 members (excludes halogenated alkanes) is 4. The van der Waals surface area contributed by atoms with Gasteiger partial charge in [-0.3, -0.25) is 0 Å². The first-order valence-corrected chi connectivity index (χ1v) is 8.80. The average molecular weight is 445 g/mol. The molecule has 0 radical (unpaired) electrons. The maximum Gasteiger partial charge on any atom is 0.341 e. The molecule has 1 unspecified atom stereocenters. The molecule has 102 valence electrons. The van der Waals surface area contributed by atoms with Gasteiger partial charge in [-0.1, -0.05) is 70.9 Å². The van der Waals surface area contributed by atoms with Crippen LogP contribution in [0, 0.1) is 0 Å². The van der Waals surface area contributed by atoms with Crippen molar-refractivity contribution in [2.24, 2.45) is 0 Å². The van der Waals surface area contributed by atoms with E-state index in [4.69, 9.17) is 4.74 Å². The molecule has 0 bridgehead atoms. The Morgan fingerprint density at radius 2 is 1.94 bits per heavy atom. The van der Waals surface area contributed by atoms with Crippen LogP contribution in [0.1, 0.15) is 45.4 Å². The molecule has 2 nitrogen and oxygen atoms in total. The lowest BCUT2D eigenvalue weighted by atomic mass is 10.1. The molecule has 0 fully saturated rings. The van der Waals surface area contributed by atoms with Gasteiger partial charge in [0.05, 0.1) is 10.1 Å². The van der Waals surface area contributed by atoms with Crippen LogP contribution in [0.3, 0.4) is 0 Å². The Morgan fingerprint density at radius 1 is 1.28 bits per heavy atom. The van der Waals surface area contributed by atoms with E-state index in [-0.39, 0.29) is 10.8 Å². The minimum atomic E-state index is -0.261. The second-order valence-corrected chi connectivity index (χ2v) is 6.62. The van der Waals surface area contributed by atoms with Crippen molar-refractivity contribution in [3.8, 4) is 0 Å². The summed E-state index contributed by atoms with van der Waals surface area (Å²) in [6, 6.07) is 0. The normalized spacial score (nSPS) is 19.6. The van der Waals surface area contributed by atoms with Gasteiger partial charge in [-0.2, -0.15) is 0 Å². The molecule has 0 aromatic heterocycles. The predicted molar refractivity (Wildman–Crippen MR) is 85.1 cm³/mol. The van der Waals surface area contributed by atoms with Crippen molar-refractivity contribution >= 4 is 53.8 Å². The van der Waals surface area contributed by atoms with E-state index in [9.17, 15) is 4.79 Å². The fraction of sp³-hybridized carbons (Fsp3) is 0.615. The number of hydrogen-bond donors (Lipinski definition) is 0. The smallest absolute Gasteiger partial charge is 0.341 e. The molecule has 1 rings (SSSR count). The maximum absolute atomic E-state index is 11.7. The van der Waals surface area contributed by atoms with Gasteiger partial charge in [0.25, 0.3) is 0 Å². The van der Waals surface area contributed by atoms with E-state index in [0.29, 0.717) is 11.3 Å². The molecule has 0 amide bonds. The molecule has 1 aliphatic heterocycles. The number of carbonyl (C=O) groups excluding carboxylic acids is 1. The number of ether oxygens (including phenoxy) is 1. The van der Waals surface area contributed by atoms with Crippen LogP contribution in [0.15, 0.2) is 20.8 Å². The highest BCUT2D eigenvalue weighted by atomic mass is 79.9. The second-order valence-electron chi connectivity index (χ2n) is 4.26. The molecule has 1 heterocycles. The third kappa shape index (κ3) is 4.49. The number of allylic oxidation sites excluding steroid dienone is 1. The largest absolute Gasteiger partial charge is 0.421 e. The van der Waals surface area contributed by atoms with Crippen LogP contribution in [-0.2, 0) is 9.53 Å². The van der Waals surface area contributed by atoms with Crippen LogP contribution >= 0.6 is 47.8 Å². The Balaban J connectivity index is 2.48.